The minimum atomic E-state index is -2.05. The molecule has 174 valence electrons. The van der Waals surface area contributed by atoms with E-state index < -0.39 is 41.7 Å². The highest BCUT2D eigenvalue weighted by atomic mass is 16.5. The Bertz CT molecular complexity index is 1100. The van der Waals surface area contributed by atoms with Gasteiger partial charge in [0.15, 0.2) is 0 Å². The molecule has 0 aliphatic carbocycles. The summed E-state index contributed by atoms with van der Waals surface area (Å²) in [6.45, 7) is 6.09. The normalized spacial score (nSPS) is 19.2. The fourth-order valence-electron chi connectivity index (χ4n) is 4.13. The average molecular weight is 456 g/mol. The van der Waals surface area contributed by atoms with Gasteiger partial charge in [0.05, 0.1) is 13.7 Å². The molecule has 0 saturated heterocycles. The summed E-state index contributed by atoms with van der Waals surface area (Å²) in [5.74, 6) is -3.76. The van der Waals surface area contributed by atoms with Crippen LogP contribution in [0.2, 0.25) is 0 Å². The summed E-state index contributed by atoms with van der Waals surface area (Å²) in [6.07, 6.45) is 1.35. The Hall–Kier alpha value is -4.08. The molecule has 1 spiro atoms. The van der Waals surface area contributed by atoms with Crippen LogP contribution < -0.4 is 10.6 Å². The largest absolute Gasteiger partial charge is 0.465 e. The molecule has 3 rings (SSSR count). The molecular formula is C23H24N2O8. The van der Waals surface area contributed by atoms with Gasteiger partial charge >= 0.3 is 17.9 Å². The van der Waals surface area contributed by atoms with E-state index in [4.69, 9.17) is 24.7 Å². The van der Waals surface area contributed by atoms with Crippen molar-refractivity contribution >= 4 is 29.5 Å². The van der Waals surface area contributed by atoms with Gasteiger partial charge in [-0.15, -0.1) is 0 Å². The number of rotatable bonds is 7. The van der Waals surface area contributed by atoms with Crippen molar-refractivity contribution in [3.63, 3.8) is 0 Å². The number of allylic oxidation sites excluding steroid dienone is 1. The molecule has 0 radical (unpaired) electrons. The molecule has 0 aromatic heterocycles. The van der Waals surface area contributed by atoms with Crippen LogP contribution in [0.3, 0.4) is 0 Å². The summed E-state index contributed by atoms with van der Waals surface area (Å²) in [7, 11) is 1.11. The van der Waals surface area contributed by atoms with E-state index in [2.05, 4.69) is 6.58 Å². The van der Waals surface area contributed by atoms with Crippen LogP contribution in [0.4, 0.5) is 5.69 Å². The number of carbonyl (C=O) groups is 4. The van der Waals surface area contributed by atoms with Crippen molar-refractivity contribution in [3.05, 3.63) is 65.3 Å². The first-order valence-electron chi connectivity index (χ1n) is 10.1. The molecule has 10 heteroatoms. The number of amides is 1. The molecule has 1 unspecified atom stereocenters. The first-order valence-corrected chi connectivity index (χ1v) is 10.1. The SMILES string of the molecule is C=CCOC(=O)C1=C(C)OC(N)=C(C(=O)OC)C12C(=O)N(CC(=O)OCC)c1ccccc12. The number of para-hydroxylation sites is 1. The lowest BCUT2D eigenvalue weighted by Gasteiger charge is -2.36. The molecule has 0 fully saturated rings. The number of hydrogen-bond acceptors (Lipinski definition) is 9. The predicted octanol–water partition coefficient (Wildman–Crippen LogP) is 1.21. The molecule has 1 aromatic carbocycles. The van der Waals surface area contributed by atoms with Gasteiger partial charge < -0.3 is 24.7 Å². The molecule has 1 amide bonds. The second-order valence-corrected chi connectivity index (χ2v) is 7.11. The second kappa shape index (κ2) is 9.19. The van der Waals surface area contributed by atoms with Gasteiger partial charge in [0.1, 0.15) is 35.5 Å². The van der Waals surface area contributed by atoms with Gasteiger partial charge in [-0.2, -0.15) is 0 Å². The minimum Gasteiger partial charge on any atom is -0.465 e. The number of carbonyl (C=O) groups excluding carboxylic acids is 4. The molecule has 1 atom stereocenters. The van der Waals surface area contributed by atoms with E-state index in [9.17, 15) is 19.2 Å². The molecule has 10 nitrogen and oxygen atoms in total. The van der Waals surface area contributed by atoms with Crippen LogP contribution in [0.1, 0.15) is 19.4 Å². The molecule has 0 bridgehead atoms. The lowest BCUT2D eigenvalue weighted by molar-refractivity contribution is -0.143. The third-order valence-corrected chi connectivity index (χ3v) is 5.29. The van der Waals surface area contributed by atoms with Crippen LogP contribution in [-0.2, 0) is 43.5 Å². The summed E-state index contributed by atoms with van der Waals surface area (Å²) >= 11 is 0. The van der Waals surface area contributed by atoms with Crippen molar-refractivity contribution in [2.24, 2.45) is 5.73 Å². The third kappa shape index (κ3) is 3.63. The zero-order chi connectivity index (χ0) is 24.3. The highest BCUT2D eigenvalue weighted by molar-refractivity contribution is 6.23. The van der Waals surface area contributed by atoms with Crippen LogP contribution in [-0.4, -0.2) is 50.7 Å². The average Bonchev–Trinajstić information content (AvgIpc) is 3.01. The quantitative estimate of drug-likeness (QED) is 0.365. The summed E-state index contributed by atoms with van der Waals surface area (Å²) < 4.78 is 20.6. The lowest BCUT2D eigenvalue weighted by atomic mass is 9.67. The van der Waals surface area contributed by atoms with Gasteiger partial charge in [-0.1, -0.05) is 30.9 Å². The Balaban J connectivity index is 2.35. The summed E-state index contributed by atoms with van der Waals surface area (Å²) in [5, 5.41) is 0. The van der Waals surface area contributed by atoms with Crippen molar-refractivity contribution in [2.75, 3.05) is 31.8 Å². The van der Waals surface area contributed by atoms with E-state index in [1.165, 1.54) is 13.0 Å². The van der Waals surface area contributed by atoms with Gasteiger partial charge in [0, 0.05) is 11.3 Å². The van der Waals surface area contributed by atoms with Crippen molar-refractivity contribution in [3.8, 4) is 0 Å². The lowest BCUT2D eigenvalue weighted by Crippen LogP contribution is -2.51. The maximum Gasteiger partial charge on any atom is 0.340 e. The maximum absolute atomic E-state index is 14.1. The number of esters is 3. The standard InChI is InChI=1S/C23H24N2O8/c1-5-11-32-21(28)17-13(3)33-19(24)18(20(27)30-4)23(17)14-9-7-8-10-15(14)25(22(23)29)12-16(26)31-6-2/h5,7-10H,1,6,11-12,24H2,2-4H3. The first kappa shape index (κ1) is 23.6. The monoisotopic (exact) mass is 456 g/mol. The number of benzene rings is 1. The van der Waals surface area contributed by atoms with E-state index >= 15 is 0 Å². The molecule has 2 aliphatic heterocycles. The van der Waals surface area contributed by atoms with Crippen LogP contribution in [0.5, 0.6) is 0 Å². The maximum atomic E-state index is 14.1. The minimum absolute atomic E-state index is 0.0321. The number of nitrogens with zero attached hydrogens (tertiary/aromatic N) is 1. The van der Waals surface area contributed by atoms with E-state index in [0.29, 0.717) is 5.69 Å². The molecule has 2 N–H and O–H groups in total. The van der Waals surface area contributed by atoms with Crippen LogP contribution in [0, 0.1) is 0 Å². The van der Waals surface area contributed by atoms with Crippen molar-refractivity contribution < 1.29 is 38.1 Å². The number of hydrogen-bond donors (Lipinski definition) is 1. The first-order chi connectivity index (χ1) is 15.7. The van der Waals surface area contributed by atoms with Crippen molar-refractivity contribution in [2.45, 2.75) is 19.3 Å². The zero-order valence-electron chi connectivity index (χ0n) is 18.5. The molecule has 33 heavy (non-hydrogen) atoms. The number of nitrogens with two attached hydrogens (primary N) is 1. The predicted molar refractivity (Wildman–Crippen MR) is 115 cm³/mol. The summed E-state index contributed by atoms with van der Waals surface area (Å²) in [5.41, 5.74) is 3.93. The Morgan fingerprint density at radius 1 is 1.18 bits per heavy atom. The molecular weight excluding hydrogens is 432 g/mol. The van der Waals surface area contributed by atoms with Gasteiger partial charge in [0.2, 0.25) is 11.8 Å². The van der Waals surface area contributed by atoms with Crippen molar-refractivity contribution in [1.82, 2.24) is 0 Å². The third-order valence-electron chi connectivity index (χ3n) is 5.29. The highest BCUT2D eigenvalue weighted by Gasteiger charge is 2.64. The smallest absolute Gasteiger partial charge is 0.340 e. The molecule has 2 aliphatic rings. The van der Waals surface area contributed by atoms with Crippen molar-refractivity contribution in [1.29, 1.82) is 0 Å². The van der Waals surface area contributed by atoms with E-state index in [0.717, 1.165) is 12.0 Å². The Morgan fingerprint density at radius 3 is 2.52 bits per heavy atom. The van der Waals surface area contributed by atoms with E-state index in [1.54, 1.807) is 31.2 Å². The number of ether oxygens (including phenoxy) is 4. The van der Waals surface area contributed by atoms with Crippen LogP contribution >= 0.6 is 0 Å². The fourth-order valence-corrected chi connectivity index (χ4v) is 4.13. The van der Waals surface area contributed by atoms with Gasteiger partial charge in [-0.25, -0.2) is 9.59 Å². The molecule has 0 saturated carbocycles. The highest BCUT2D eigenvalue weighted by Crippen LogP contribution is 2.54. The van der Waals surface area contributed by atoms with Gasteiger partial charge in [0.25, 0.3) is 0 Å². The fraction of sp³-hybridized carbons (Fsp3) is 0.304. The number of fused-ring (bicyclic) bond motifs is 2. The Kier molecular flexibility index (Phi) is 6.57. The van der Waals surface area contributed by atoms with Gasteiger partial charge in [-0.05, 0) is 19.9 Å². The topological polar surface area (TPSA) is 134 Å². The van der Waals surface area contributed by atoms with Crippen LogP contribution in [0.15, 0.2) is 59.7 Å². The number of methoxy groups -OCH3 is 1. The summed E-state index contributed by atoms with van der Waals surface area (Å²) in [4.78, 5) is 53.6. The van der Waals surface area contributed by atoms with E-state index in [-0.39, 0.29) is 35.7 Å². The Morgan fingerprint density at radius 2 is 1.88 bits per heavy atom. The molecule has 2 heterocycles. The molecule has 1 aromatic rings. The number of anilines is 1. The summed E-state index contributed by atoms with van der Waals surface area (Å²) in [6, 6.07) is 6.43. The van der Waals surface area contributed by atoms with Crippen LogP contribution in [0.25, 0.3) is 0 Å². The second-order valence-electron chi connectivity index (χ2n) is 7.11. The zero-order valence-corrected chi connectivity index (χ0v) is 18.5. The van der Waals surface area contributed by atoms with E-state index in [1.807, 2.05) is 0 Å². The Labute approximate surface area is 190 Å². The van der Waals surface area contributed by atoms with Gasteiger partial charge in [-0.3, -0.25) is 14.5 Å².